The molecule has 0 fully saturated rings. The van der Waals surface area contributed by atoms with E-state index in [-0.39, 0.29) is 18.1 Å². The summed E-state index contributed by atoms with van der Waals surface area (Å²) in [5.74, 6) is -0.268. The molecule has 0 atom stereocenters. The van der Waals surface area contributed by atoms with Crippen LogP contribution in [0.5, 0.6) is 11.5 Å². The van der Waals surface area contributed by atoms with E-state index in [1.54, 1.807) is 17.4 Å². The summed E-state index contributed by atoms with van der Waals surface area (Å²) in [5, 5.41) is 3.03. The van der Waals surface area contributed by atoms with E-state index in [9.17, 15) is 13.2 Å². The molecule has 114 valence electrons. The lowest BCUT2D eigenvalue weighted by Gasteiger charge is -2.13. The maximum atomic E-state index is 12.3. The fraction of sp³-hybridized carbons (Fsp3) is 0.286. The van der Waals surface area contributed by atoms with Gasteiger partial charge in [0.15, 0.2) is 11.5 Å². The van der Waals surface area contributed by atoms with Crippen LogP contribution >= 0.6 is 11.3 Å². The van der Waals surface area contributed by atoms with Gasteiger partial charge in [0, 0.05) is 16.3 Å². The highest BCUT2D eigenvalue weighted by Gasteiger charge is 2.32. The van der Waals surface area contributed by atoms with Crippen molar-refractivity contribution in [3.8, 4) is 11.5 Å². The number of para-hydroxylation sites is 2. The van der Waals surface area contributed by atoms with Crippen LogP contribution in [0, 0.1) is 0 Å². The summed E-state index contributed by atoms with van der Waals surface area (Å²) in [6.45, 7) is 0.949. The Bertz CT molecular complexity index is 584. The van der Waals surface area contributed by atoms with E-state index in [0.717, 1.165) is 16.3 Å². The van der Waals surface area contributed by atoms with Gasteiger partial charge in [0.25, 0.3) is 0 Å². The quantitative estimate of drug-likeness (QED) is 0.875. The van der Waals surface area contributed by atoms with Gasteiger partial charge in [0.05, 0.1) is 0 Å². The topological polar surface area (TPSA) is 30.5 Å². The van der Waals surface area contributed by atoms with Crippen LogP contribution in [-0.2, 0) is 13.2 Å². The van der Waals surface area contributed by atoms with Crippen molar-refractivity contribution in [1.29, 1.82) is 0 Å². The number of rotatable bonds is 6. The van der Waals surface area contributed by atoms with Gasteiger partial charge in [0.1, 0.15) is 6.61 Å². The third-order valence-electron chi connectivity index (χ3n) is 2.51. The van der Waals surface area contributed by atoms with Crippen LogP contribution in [0.3, 0.4) is 0 Å². The average molecular weight is 317 g/mol. The first-order chi connectivity index (χ1) is 9.98. The average Bonchev–Trinajstić information content (AvgIpc) is 2.84. The van der Waals surface area contributed by atoms with Crippen LogP contribution in [0.4, 0.5) is 13.2 Å². The predicted molar refractivity (Wildman–Crippen MR) is 74.5 cm³/mol. The molecule has 21 heavy (non-hydrogen) atoms. The number of halogens is 3. The van der Waals surface area contributed by atoms with Gasteiger partial charge >= 0.3 is 6.36 Å². The number of benzene rings is 1. The minimum absolute atomic E-state index is 0.0680. The maximum Gasteiger partial charge on any atom is 0.573 e. The highest BCUT2D eigenvalue weighted by molar-refractivity contribution is 7.11. The van der Waals surface area contributed by atoms with E-state index in [1.165, 1.54) is 18.2 Å². The summed E-state index contributed by atoms with van der Waals surface area (Å²) in [6, 6.07) is 9.58. The molecule has 2 rings (SSSR count). The minimum atomic E-state index is -4.73. The molecule has 0 saturated heterocycles. The second-order valence-electron chi connectivity index (χ2n) is 4.18. The Morgan fingerprint density at radius 3 is 2.38 bits per heavy atom. The summed E-state index contributed by atoms with van der Waals surface area (Å²) in [5.41, 5.74) is 0. The van der Waals surface area contributed by atoms with Crippen molar-refractivity contribution < 1.29 is 22.6 Å². The number of thiophene rings is 1. The second kappa shape index (κ2) is 6.82. The zero-order chi connectivity index (χ0) is 15.3. The van der Waals surface area contributed by atoms with Gasteiger partial charge in [-0.25, -0.2) is 0 Å². The molecule has 0 aliphatic rings. The Labute approximate surface area is 124 Å². The number of hydrogen-bond donors (Lipinski definition) is 1. The highest BCUT2D eigenvalue weighted by atomic mass is 32.1. The Morgan fingerprint density at radius 1 is 1.05 bits per heavy atom. The van der Waals surface area contributed by atoms with E-state index in [1.807, 2.05) is 19.2 Å². The van der Waals surface area contributed by atoms with Crippen molar-refractivity contribution in [3.63, 3.8) is 0 Å². The molecule has 0 saturated carbocycles. The molecule has 2 aromatic rings. The summed E-state index contributed by atoms with van der Waals surface area (Å²) in [4.78, 5) is 2.07. The molecular weight excluding hydrogens is 303 g/mol. The molecule has 0 amide bonds. The first-order valence-electron chi connectivity index (χ1n) is 6.17. The Hall–Kier alpha value is -1.73. The van der Waals surface area contributed by atoms with Gasteiger partial charge in [-0.2, -0.15) is 0 Å². The van der Waals surface area contributed by atoms with Crippen molar-refractivity contribution in [1.82, 2.24) is 5.32 Å². The molecule has 3 nitrogen and oxygen atoms in total. The third-order valence-corrected chi connectivity index (χ3v) is 3.57. The summed E-state index contributed by atoms with van der Waals surface area (Å²) >= 11 is 1.55. The Morgan fingerprint density at radius 2 is 1.71 bits per heavy atom. The number of ether oxygens (including phenoxy) is 2. The fourth-order valence-electron chi connectivity index (χ4n) is 1.70. The smallest absolute Gasteiger partial charge is 0.484 e. The predicted octanol–water partition coefficient (Wildman–Crippen LogP) is 3.95. The summed E-state index contributed by atoms with van der Waals surface area (Å²) in [6.07, 6.45) is -4.73. The zero-order valence-corrected chi connectivity index (χ0v) is 12.1. The molecule has 1 N–H and O–H groups in total. The number of nitrogens with one attached hydrogen (secondary N) is 1. The van der Waals surface area contributed by atoms with Crippen molar-refractivity contribution in [2.75, 3.05) is 7.05 Å². The van der Waals surface area contributed by atoms with Crippen molar-refractivity contribution in [3.05, 3.63) is 46.2 Å². The lowest BCUT2D eigenvalue weighted by Crippen LogP contribution is -2.17. The molecule has 0 bridgehead atoms. The molecule has 0 unspecified atom stereocenters. The Kier molecular flexibility index (Phi) is 5.08. The first kappa shape index (κ1) is 15.7. The van der Waals surface area contributed by atoms with Crippen LogP contribution in [0.15, 0.2) is 36.4 Å². The molecule has 0 aliphatic carbocycles. The van der Waals surface area contributed by atoms with E-state index in [0.29, 0.717) is 0 Å². The second-order valence-corrected chi connectivity index (χ2v) is 5.43. The van der Waals surface area contributed by atoms with Crippen LogP contribution in [0.1, 0.15) is 9.75 Å². The van der Waals surface area contributed by atoms with Gasteiger partial charge in [-0.1, -0.05) is 12.1 Å². The van der Waals surface area contributed by atoms with Crippen LogP contribution in [-0.4, -0.2) is 13.4 Å². The summed E-state index contributed by atoms with van der Waals surface area (Å²) < 4.78 is 46.2. The van der Waals surface area contributed by atoms with Crippen LogP contribution < -0.4 is 14.8 Å². The SMILES string of the molecule is CNCc1ccc(COc2ccccc2OC(F)(F)F)s1. The van der Waals surface area contributed by atoms with Gasteiger partial charge in [-0.05, 0) is 31.3 Å². The zero-order valence-electron chi connectivity index (χ0n) is 11.2. The van der Waals surface area contributed by atoms with Crippen molar-refractivity contribution >= 4 is 11.3 Å². The first-order valence-corrected chi connectivity index (χ1v) is 6.99. The van der Waals surface area contributed by atoms with Gasteiger partial charge in [-0.3, -0.25) is 0 Å². The van der Waals surface area contributed by atoms with E-state index >= 15 is 0 Å². The molecule has 1 heterocycles. The lowest BCUT2D eigenvalue weighted by molar-refractivity contribution is -0.275. The summed E-state index contributed by atoms with van der Waals surface area (Å²) in [7, 11) is 1.85. The van der Waals surface area contributed by atoms with E-state index in [2.05, 4.69) is 10.1 Å². The van der Waals surface area contributed by atoms with Gasteiger partial charge < -0.3 is 14.8 Å². The normalized spacial score (nSPS) is 11.4. The molecule has 0 radical (unpaired) electrons. The molecule has 0 aliphatic heterocycles. The van der Waals surface area contributed by atoms with Gasteiger partial charge in [0.2, 0.25) is 0 Å². The largest absolute Gasteiger partial charge is 0.573 e. The lowest BCUT2D eigenvalue weighted by atomic mass is 10.3. The minimum Gasteiger partial charge on any atom is -0.484 e. The van der Waals surface area contributed by atoms with Gasteiger partial charge in [-0.15, -0.1) is 24.5 Å². The maximum absolute atomic E-state index is 12.3. The molecule has 7 heteroatoms. The van der Waals surface area contributed by atoms with Crippen LogP contribution in [0.25, 0.3) is 0 Å². The molecular formula is C14H14F3NO2S. The number of alkyl halides is 3. The van der Waals surface area contributed by atoms with Crippen molar-refractivity contribution in [2.24, 2.45) is 0 Å². The monoisotopic (exact) mass is 317 g/mol. The molecule has 1 aromatic heterocycles. The van der Waals surface area contributed by atoms with E-state index in [4.69, 9.17) is 4.74 Å². The standard InChI is InChI=1S/C14H14F3NO2S/c1-18-8-10-6-7-11(21-10)9-19-12-4-2-3-5-13(12)20-14(15,16)17/h2-7,18H,8-9H2,1H3. The molecule has 1 aromatic carbocycles. The Balaban J connectivity index is 2.02. The third kappa shape index (κ3) is 4.95. The molecule has 0 spiro atoms. The van der Waals surface area contributed by atoms with Crippen LogP contribution in [0.2, 0.25) is 0 Å². The van der Waals surface area contributed by atoms with E-state index < -0.39 is 6.36 Å². The van der Waals surface area contributed by atoms with Crippen molar-refractivity contribution in [2.45, 2.75) is 19.5 Å². The number of hydrogen-bond acceptors (Lipinski definition) is 4. The highest BCUT2D eigenvalue weighted by Crippen LogP contribution is 2.32. The fourth-order valence-corrected chi connectivity index (χ4v) is 2.64.